The molecule has 0 aromatic heterocycles. The van der Waals surface area contributed by atoms with Crippen LogP contribution in [0.3, 0.4) is 0 Å². The van der Waals surface area contributed by atoms with E-state index in [9.17, 15) is 4.21 Å². The summed E-state index contributed by atoms with van der Waals surface area (Å²) in [6.45, 7) is 1.05. The van der Waals surface area contributed by atoms with Gasteiger partial charge in [0.15, 0.2) is 0 Å². The maximum absolute atomic E-state index is 11.5. The number of phenolic OH excluding ortho intramolecular Hbond substituents is 1. The van der Waals surface area contributed by atoms with E-state index >= 15 is 0 Å². The zero-order valence-electron chi connectivity index (χ0n) is 7.90. The molecule has 0 aliphatic carbocycles. The Morgan fingerprint density at radius 2 is 2.07 bits per heavy atom. The van der Waals surface area contributed by atoms with Crippen molar-refractivity contribution in [2.45, 2.75) is 4.90 Å². The Bertz CT molecular complexity index is 299. The van der Waals surface area contributed by atoms with Gasteiger partial charge in [-0.3, -0.25) is 0 Å². The molecule has 1 aromatic carbocycles. The fraction of sp³-hybridized carbons (Fsp3) is 0.333. The van der Waals surface area contributed by atoms with Crippen molar-refractivity contribution in [3.8, 4) is 5.75 Å². The Morgan fingerprint density at radius 1 is 1.43 bits per heavy atom. The van der Waals surface area contributed by atoms with Gasteiger partial charge in [0, 0.05) is 13.7 Å². The zero-order valence-corrected chi connectivity index (χ0v) is 8.71. The minimum atomic E-state index is -1.23. The second-order valence-electron chi connectivity index (χ2n) is 2.65. The van der Waals surface area contributed by atoms with E-state index in [-0.39, 0.29) is 5.75 Å². The van der Waals surface area contributed by atoms with Gasteiger partial charge in [0.25, 0.3) is 0 Å². The van der Waals surface area contributed by atoms with Gasteiger partial charge >= 0.3 is 0 Å². The average Bonchev–Trinajstić information content (AvgIpc) is 2.19. The molecule has 5 heteroatoms. The molecular weight excluding hydrogens is 202 g/mol. The predicted molar refractivity (Wildman–Crippen MR) is 54.4 cm³/mol. The van der Waals surface area contributed by atoms with Crippen LogP contribution in [0, 0.1) is 0 Å². The molecule has 1 atom stereocenters. The molecule has 0 saturated carbocycles. The molecular formula is C9H13NO3S. The van der Waals surface area contributed by atoms with Crippen LogP contribution >= 0.6 is 0 Å². The normalized spacial score (nSPS) is 12.6. The van der Waals surface area contributed by atoms with Crippen molar-refractivity contribution in [1.82, 2.24) is 4.72 Å². The highest BCUT2D eigenvalue weighted by atomic mass is 32.2. The van der Waals surface area contributed by atoms with E-state index in [0.717, 1.165) is 0 Å². The summed E-state index contributed by atoms with van der Waals surface area (Å²) < 4.78 is 19.1. The molecule has 1 rings (SSSR count). The molecule has 0 aliphatic rings. The molecule has 78 valence electrons. The van der Waals surface area contributed by atoms with E-state index in [1.54, 1.807) is 19.2 Å². The van der Waals surface area contributed by atoms with Crippen LogP contribution in [-0.4, -0.2) is 29.6 Å². The number of hydrogen-bond donors (Lipinski definition) is 2. The average molecular weight is 215 g/mol. The fourth-order valence-electron chi connectivity index (χ4n) is 0.889. The summed E-state index contributed by atoms with van der Waals surface area (Å²) >= 11 is 0. The van der Waals surface area contributed by atoms with Crippen molar-refractivity contribution in [3.05, 3.63) is 24.3 Å². The molecule has 0 amide bonds. The van der Waals surface area contributed by atoms with Gasteiger partial charge in [-0.1, -0.05) is 0 Å². The Balaban J connectivity index is 2.48. The van der Waals surface area contributed by atoms with Crippen LogP contribution in [0.2, 0.25) is 0 Å². The minimum absolute atomic E-state index is 0.169. The molecule has 2 N–H and O–H groups in total. The van der Waals surface area contributed by atoms with Crippen LogP contribution in [0.15, 0.2) is 29.2 Å². The van der Waals surface area contributed by atoms with Crippen LogP contribution < -0.4 is 4.72 Å². The number of phenols is 1. The Morgan fingerprint density at radius 3 is 2.64 bits per heavy atom. The standard InChI is InChI=1S/C9H13NO3S/c1-13-7-6-10-14(12)9-4-2-8(11)3-5-9/h2-5,10-11H,6-7H2,1H3. The lowest BCUT2D eigenvalue weighted by atomic mass is 10.3. The quantitative estimate of drug-likeness (QED) is 0.709. The van der Waals surface area contributed by atoms with E-state index in [1.807, 2.05) is 0 Å². The molecule has 0 aliphatic heterocycles. The van der Waals surface area contributed by atoms with Crippen molar-refractivity contribution in [1.29, 1.82) is 0 Å². The SMILES string of the molecule is COCCNS(=O)c1ccc(O)cc1. The number of benzene rings is 1. The van der Waals surface area contributed by atoms with Crippen molar-refractivity contribution in [2.24, 2.45) is 0 Å². The summed E-state index contributed by atoms with van der Waals surface area (Å²) in [7, 11) is 0.354. The molecule has 4 nitrogen and oxygen atoms in total. The van der Waals surface area contributed by atoms with E-state index in [1.165, 1.54) is 12.1 Å². The topological polar surface area (TPSA) is 58.6 Å². The lowest BCUT2D eigenvalue weighted by Gasteiger charge is -2.03. The highest BCUT2D eigenvalue weighted by Gasteiger charge is 2.01. The Kier molecular flexibility index (Phi) is 4.58. The molecule has 0 heterocycles. The number of aromatic hydroxyl groups is 1. The number of rotatable bonds is 5. The van der Waals surface area contributed by atoms with Gasteiger partial charge in [0.2, 0.25) is 0 Å². The lowest BCUT2D eigenvalue weighted by molar-refractivity contribution is 0.205. The van der Waals surface area contributed by atoms with Crippen molar-refractivity contribution >= 4 is 11.0 Å². The fourth-order valence-corrected chi connectivity index (χ4v) is 1.71. The van der Waals surface area contributed by atoms with Gasteiger partial charge in [0.05, 0.1) is 11.5 Å². The molecule has 0 radical (unpaired) electrons. The summed E-state index contributed by atoms with van der Waals surface area (Å²) in [6.07, 6.45) is 0. The third-order valence-corrected chi connectivity index (χ3v) is 2.76. The number of ether oxygens (including phenoxy) is 1. The van der Waals surface area contributed by atoms with Crippen molar-refractivity contribution in [3.63, 3.8) is 0 Å². The van der Waals surface area contributed by atoms with Crippen LogP contribution in [0.4, 0.5) is 0 Å². The zero-order chi connectivity index (χ0) is 10.4. The maximum atomic E-state index is 11.5. The largest absolute Gasteiger partial charge is 0.508 e. The molecule has 0 spiro atoms. The summed E-state index contributed by atoms with van der Waals surface area (Å²) in [5.41, 5.74) is 0. The van der Waals surface area contributed by atoms with Gasteiger partial charge in [-0.25, -0.2) is 8.93 Å². The molecule has 1 aromatic rings. The van der Waals surface area contributed by atoms with Gasteiger partial charge in [-0.05, 0) is 24.3 Å². The van der Waals surface area contributed by atoms with Gasteiger partial charge in [0.1, 0.15) is 16.7 Å². The Hall–Kier alpha value is -0.910. The highest BCUT2D eigenvalue weighted by molar-refractivity contribution is 7.83. The van der Waals surface area contributed by atoms with E-state index in [4.69, 9.17) is 9.84 Å². The van der Waals surface area contributed by atoms with Gasteiger partial charge in [-0.2, -0.15) is 0 Å². The summed E-state index contributed by atoms with van der Waals surface area (Å²) in [5.74, 6) is 0.169. The first-order valence-corrected chi connectivity index (χ1v) is 5.32. The lowest BCUT2D eigenvalue weighted by Crippen LogP contribution is -2.21. The third kappa shape index (κ3) is 3.45. The van der Waals surface area contributed by atoms with Crippen LogP contribution in [-0.2, 0) is 15.7 Å². The summed E-state index contributed by atoms with van der Waals surface area (Å²) in [4.78, 5) is 0.638. The maximum Gasteiger partial charge on any atom is 0.124 e. The van der Waals surface area contributed by atoms with Gasteiger partial charge < -0.3 is 9.84 Å². The minimum Gasteiger partial charge on any atom is -0.508 e. The smallest absolute Gasteiger partial charge is 0.124 e. The molecule has 0 saturated heterocycles. The first-order valence-electron chi connectivity index (χ1n) is 4.17. The second-order valence-corrected chi connectivity index (χ2v) is 3.95. The van der Waals surface area contributed by atoms with Crippen LogP contribution in [0.25, 0.3) is 0 Å². The number of nitrogens with one attached hydrogen (secondary N) is 1. The van der Waals surface area contributed by atoms with Gasteiger partial charge in [-0.15, -0.1) is 0 Å². The first kappa shape index (κ1) is 11.2. The van der Waals surface area contributed by atoms with E-state index < -0.39 is 11.0 Å². The number of hydrogen-bond acceptors (Lipinski definition) is 3. The summed E-state index contributed by atoms with van der Waals surface area (Å²) in [6, 6.07) is 6.24. The van der Waals surface area contributed by atoms with Crippen LogP contribution in [0.1, 0.15) is 0 Å². The molecule has 0 bridgehead atoms. The van der Waals surface area contributed by atoms with E-state index in [0.29, 0.717) is 18.0 Å². The Labute approximate surface area is 85.5 Å². The van der Waals surface area contributed by atoms with Crippen molar-refractivity contribution < 1.29 is 14.1 Å². The van der Waals surface area contributed by atoms with E-state index in [2.05, 4.69) is 4.72 Å². The highest BCUT2D eigenvalue weighted by Crippen LogP contribution is 2.11. The third-order valence-electron chi connectivity index (χ3n) is 1.59. The predicted octanol–water partition coefficient (Wildman–Crippen LogP) is 0.651. The second kappa shape index (κ2) is 5.74. The van der Waals surface area contributed by atoms with Crippen LogP contribution in [0.5, 0.6) is 5.75 Å². The molecule has 0 fully saturated rings. The molecule has 1 unspecified atom stereocenters. The molecule has 14 heavy (non-hydrogen) atoms. The van der Waals surface area contributed by atoms with Crippen molar-refractivity contribution in [2.75, 3.05) is 20.3 Å². The summed E-state index contributed by atoms with van der Waals surface area (Å²) in [5, 5.41) is 9.01. The first-order chi connectivity index (χ1) is 6.74. The monoisotopic (exact) mass is 215 g/mol. The number of methoxy groups -OCH3 is 1.